The molecule has 0 radical (unpaired) electrons. The Labute approximate surface area is 138 Å². The average Bonchev–Trinajstić information content (AvgIpc) is 2.52. The molecule has 0 bridgehead atoms. The predicted molar refractivity (Wildman–Crippen MR) is 93.8 cm³/mol. The standard InChI is InChI=1S/C20H25NO2/c1-4-19(23-18-13-15(2)12-16(3)14-18)20(22)21-11-10-17-8-6-5-7-9-17/h5-9,12-14,19H,4,10-11H2,1-3H3,(H,21,22)/t19-/m0/s1. The molecule has 23 heavy (non-hydrogen) atoms. The maximum atomic E-state index is 12.3. The van der Waals surface area contributed by atoms with Crippen LogP contribution in [0.4, 0.5) is 0 Å². The molecule has 1 amide bonds. The fraction of sp³-hybridized carbons (Fsp3) is 0.350. The van der Waals surface area contributed by atoms with Crippen molar-refractivity contribution in [1.29, 1.82) is 0 Å². The molecule has 0 heterocycles. The minimum absolute atomic E-state index is 0.0532. The van der Waals surface area contributed by atoms with Crippen LogP contribution in [0.5, 0.6) is 5.75 Å². The third-order valence-corrected chi connectivity index (χ3v) is 3.69. The lowest BCUT2D eigenvalue weighted by Gasteiger charge is -2.18. The molecule has 122 valence electrons. The molecule has 0 unspecified atom stereocenters. The van der Waals surface area contributed by atoms with E-state index in [1.807, 2.05) is 51.1 Å². The SMILES string of the molecule is CC[C@H](Oc1cc(C)cc(C)c1)C(=O)NCCc1ccccc1. The van der Waals surface area contributed by atoms with Crippen molar-refractivity contribution in [3.05, 3.63) is 65.2 Å². The van der Waals surface area contributed by atoms with Crippen molar-refractivity contribution < 1.29 is 9.53 Å². The Morgan fingerprint density at radius 3 is 2.35 bits per heavy atom. The number of carbonyl (C=O) groups is 1. The van der Waals surface area contributed by atoms with E-state index in [0.717, 1.165) is 23.3 Å². The van der Waals surface area contributed by atoms with Crippen LogP contribution in [-0.2, 0) is 11.2 Å². The van der Waals surface area contributed by atoms with Crippen molar-refractivity contribution in [3.8, 4) is 5.75 Å². The van der Waals surface area contributed by atoms with E-state index in [1.54, 1.807) is 0 Å². The summed E-state index contributed by atoms with van der Waals surface area (Å²) < 4.78 is 5.88. The minimum Gasteiger partial charge on any atom is -0.481 e. The summed E-state index contributed by atoms with van der Waals surface area (Å²) in [5, 5.41) is 2.97. The third kappa shape index (κ3) is 5.44. The molecule has 1 atom stereocenters. The number of aryl methyl sites for hydroxylation is 2. The summed E-state index contributed by atoms with van der Waals surface area (Å²) >= 11 is 0. The fourth-order valence-electron chi connectivity index (χ4n) is 2.58. The summed E-state index contributed by atoms with van der Waals surface area (Å²) in [6, 6.07) is 16.2. The maximum absolute atomic E-state index is 12.3. The average molecular weight is 311 g/mol. The van der Waals surface area contributed by atoms with Crippen LogP contribution in [0.15, 0.2) is 48.5 Å². The minimum atomic E-state index is -0.452. The lowest BCUT2D eigenvalue weighted by molar-refractivity contribution is -0.128. The molecule has 0 saturated carbocycles. The first kappa shape index (κ1) is 17.1. The molecule has 2 rings (SSSR count). The molecule has 0 aromatic heterocycles. The molecule has 1 N–H and O–H groups in total. The van der Waals surface area contributed by atoms with E-state index in [1.165, 1.54) is 5.56 Å². The van der Waals surface area contributed by atoms with Crippen molar-refractivity contribution >= 4 is 5.91 Å². The van der Waals surface area contributed by atoms with Crippen LogP contribution in [0.3, 0.4) is 0 Å². The summed E-state index contributed by atoms with van der Waals surface area (Å²) in [4.78, 5) is 12.3. The van der Waals surface area contributed by atoms with E-state index in [9.17, 15) is 4.79 Å². The topological polar surface area (TPSA) is 38.3 Å². The highest BCUT2D eigenvalue weighted by Crippen LogP contribution is 2.18. The van der Waals surface area contributed by atoms with Crippen LogP contribution in [-0.4, -0.2) is 18.6 Å². The normalized spacial score (nSPS) is 11.8. The maximum Gasteiger partial charge on any atom is 0.261 e. The Balaban J connectivity index is 1.88. The van der Waals surface area contributed by atoms with Gasteiger partial charge in [-0.25, -0.2) is 0 Å². The Kier molecular flexibility index (Phi) is 6.21. The smallest absolute Gasteiger partial charge is 0.261 e. The van der Waals surface area contributed by atoms with Gasteiger partial charge < -0.3 is 10.1 Å². The van der Waals surface area contributed by atoms with Gasteiger partial charge in [-0.3, -0.25) is 4.79 Å². The molecule has 0 aliphatic carbocycles. The summed E-state index contributed by atoms with van der Waals surface area (Å²) in [6.45, 7) is 6.64. The van der Waals surface area contributed by atoms with E-state index >= 15 is 0 Å². The molecule has 3 nitrogen and oxygen atoms in total. The highest BCUT2D eigenvalue weighted by atomic mass is 16.5. The van der Waals surface area contributed by atoms with Gasteiger partial charge in [0.1, 0.15) is 5.75 Å². The summed E-state index contributed by atoms with van der Waals surface area (Å²) in [7, 11) is 0. The molecule has 0 saturated heterocycles. The third-order valence-electron chi connectivity index (χ3n) is 3.69. The first-order chi connectivity index (χ1) is 11.1. The van der Waals surface area contributed by atoms with Gasteiger partial charge in [-0.1, -0.05) is 43.3 Å². The number of carbonyl (C=O) groups excluding carboxylic acids is 1. The van der Waals surface area contributed by atoms with Crippen molar-refractivity contribution in [1.82, 2.24) is 5.32 Å². The van der Waals surface area contributed by atoms with Gasteiger partial charge in [0.15, 0.2) is 6.10 Å². The highest BCUT2D eigenvalue weighted by molar-refractivity contribution is 5.81. The zero-order chi connectivity index (χ0) is 16.7. The zero-order valence-electron chi connectivity index (χ0n) is 14.1. The van der Waals surface area contributed by atoms with Crippen LogP contribution in [0, 0.1) is 13.8 Å². The number of benzene rings is 2. The Morgan fingerprint density at radius 2 is 1.74 bits per heavy atom. The van der Waals surface area contributed by atoms with Gasteiger partial charge in [0.05, 0.1) is 0 Å². The van der Waals surface area contributed by atoms with E-state index in [2.05, 4.69) is 23.5 Å². The fourth-order valence-corrected chi connectivity index (χ4v) is 2.58. The van der Waals surface area contributed by atoms with Crippen molar-refractivity contribution in [2.75, 3.05) is 6.54 Å². The molecule has 0 fully saturated rings. The lowest BCUT2D eigenvalue weighted by Crippen LogP contribution is -2.38. The zero-order valence-corrected chi connectivity index (χ0v) is 14.1. The largest absolute Gasteiger partial charge is 0.481 e. The van der Waals surface area contributed by atoms with Gasteiger partial charge in [-0.2, -0.15) is 0 Å². The van der Waals surface area contributed by atoms with Crippen LogP contribution in [0.25, 0.3) is 0 Å². The monoisotopic (exact) mass is 311 g/mol. The van der Waals surface area contributed by atoms with Crippen molar-refractivity contribution in [3.63, 3.8) is 0 Å². The first-order valence-corrected chi connectivity index (χ1v) is 8.15. The number of amides is 1. The van der Waals surface area contributed by atoms with Crippen molar-refractivity contribution in [2.24, 2.45) is 0 Å². The Morgan fingerprint density at radius 1 is 1.09 bits per heavy atom. The number of hydrogen-bond acceptors (Lipinski definition) is 2. The second-order valence-electron chi connectivity index (χ2n) is 5.86. The lowest BCUT2D eigenvalue weighted by atomic mass is 10.1. The Bertz CT molecular complexity index is 617. The predicted octanol–water partition coefficient (Wildman–Crippen LogP) is 3.82. The second-order valence-corrected chi connectivity index (χ2v) is 5.86. The van der Waals surface area contributed by atoms with E-state index in [4.69, 9.17) is 4.74 Å². The van der Waals surface area contributed by atoms with Crippen LogP contribution < -0.4 is 10.1 Å². The van der Waals surface area contributed by atoms with Gasteiger partial charge in [0.2, 0.25) is 0 Å². The van der Waals surface area contributed by atoms with Crippen molar-refractivity contribution in [2.45, 2.75) is 39.7 Å². The number of nitrogens with one attached hydrogen (secondary N) is 1. The van der Waals surface area contributed by atoms with Gasteiger partial charge >= 0.3 is 0 Å². The molecule has 0 spiro atoms. The summed E-state index contributed by atoms with van der Waals surface area (Å²) in [6.07, 6.45) is 1.02. The Hall–Kier alpha value is -2.29. The summed E-state index contributed by atoms with van der Waals surface area (Å²) in [5.41, 5.74) is 3.50. The molecular formula is C20H25NO2. The van der Waals surface area contributed by atoms with Gasteiger partial charge in [-0.05, 0) is 55.5 Å². The van der Waals surface area contributed by atoms with Gasteiger partial charge in [0, 0.05) is 6.54 Å². The quantitative estimate of drug-likeness (QED) is 0.844. The number of rotatable bonds is 7. The molecule has 2 aromatic carbocycles. The summed E-state index contributed by atoms with van der Waals surface area (Å²) in [5.74, 6) is 0.704. The van der Waals surface area contributed by atoms with E-state index in [0.29, 0.717) is 13.0 Å². The molecule has 0 aliphatic heterocycles. The van der Waals surface area contributed by atoms with Crippen LogP contribution in [0.2, 0.25) is 0 Å². The second kappa shape index (κ2) is 8.37. The molecular weight excluding hydrogens is 286 g/mol. The van der Waals surface area contributed by atoms with E-state index in [-0.39, 0.29) is 5.91 Å². The number of ether oxygens (including phenoxy) is 1. The first-order valence-electron chi connectivity index (χ1n) is 8.15. The van der Waals surface area contributed by atoms with Crippen LogP contribution in [0.1, 0.15) is 30.0 Å². The molecule has 3 heteroatoms. The molecule has 0 aliphatic rings. The van der Waals surface area contributed by atoms with Gasteiger partial charge in [-0.15, -0.1) is 0 Å². The van der Waals surface area contributed by atoms with E-state index < -0.39 is 6.10 Å². The van der Waals surface area contributed by atoms with Gasteiger partial charge in [0.25, 0.3) is 5.91 Å². The number of hydrogen-bond donors (Lipinski definition) is 1. The van der Waals surface area contributed by atoms with Crippen LogP contribution >= 0.6 is 0 Å². The molecule has 2 aromatic rings. The highest BCUT2D eigenvalue weighted by Gasteiger charge is 2.18.